The maximum atomic E-state index is 11.6. The molecule has 1 aromatic rings. The average molecular weight is 323 g/mol. The van der Waals surface area contributed by atoms with Gasteiger partial charge in [-0.15, -0.1) is 4.83 Å². The summed E-state index contributed by atoms with van der Waals surface area (Å²) >= 11 is 0. The highest BCUT2D eigenvalue weighted by Crippen LogP contribution is 2.38. The Bertz CT molecular complexity index is 692. The van der Waals surface area contributed by atoms with Crippen molar-refractivity contribution in [2.45, 2.75) is 25.4 Å². The normalized spacial score (nSPS) is 21.0. The van der Waals surface area contributed by atoms with E-state index in [1.807, 2.05) is 30.3 Å². The summed E-state index contributed by atoms with van der Waals surface area (Å²) in [6.45, 7) is 2.80. The third-order valence-electron chi connectivity index (χ3n) is 4.19. The van der Waals surface area contributed by atoms with E-state index >= 15 is 0 Å². The minimum absolute atomic E-state index is 0.0748. The Morgan fingerprint density at radius 1 is 1.32 bits per heavy atom. The number of rotatable bonds is 3. The first-order chi connectivity index (χ1) is 10.4. The van der Waals surface area contributed by atoms with E-state index in [-0.39, 0.29) is 5.75 Å². The molecule has 1 fully saturated rings. The van der Waals surface area contributed by atoms with Crippen LogP contribution in [0.15, 0.2) is 30.3 Å². The lowest BCUT2D eigenvalue weighted by atomic mass is 9.87. The number of fused-ring (bicyclic) bond motifs is 1. The summed E-state index contributed by atoms with van der Waals surface area (Å²) in [7, 11) is -3.23. The Balaban J connectivity index is 1.73. The zero-order chi connectivity index (χ0) is 15.8. The molecule has 2 aliphatic rings. The highest BCUT2D eigenvalue weighted by molar-refractivity contribution is 7.89. The fraction of sp³-hybridized carbons (Fsp3) is 0.467. The van der Waals surface area contributed by atoms with Crippen LogP contribution in [0.5, 0.6) is 5.75 Å². The monoisotopic (exact) mass is 323 g/mol. The summed E-state index contributed by atoms with van der Waals surface area (Å²) in [5.41, 5.74) is 7.37. The van der Waals surface area contributed by atoms with Crippen molar-refractivity contribution in [3.8, 4) is 5.75 Å². The first-order valence-electron chi connectivity index (χ1n) is 7.45. The van der Waals surface area contributed by atoms with Crippen LogP contribution < -0.4 is 15.3 Å². The van der Waals surface area contributed by atoms with Crippen molar-refractivity contribution in [3.05, 3.63) is 35.9 Å². The lowest BCUT2D eigenvalue weighted by molar-refractivity contribution is 0.0303. The smallest absolute Gasteiger partial charge is 0.224 e. The first-order valence-corrected chi connectivity index (χ1v) is 9.10. The lowest BCUT2D eigenvalue weighted by Crippen LogP contribution is -2.53. The van der Waals surface area contributed by atoms with Crippen LogP contribution in [0.2, 0.25) is 0 Å². The van der Waals surface area contributed by atoms with E-state index < -0.39 is 15.6 Å². The summed E-state index contributed by atoms with van der Waals surface area (Å²) in [5, 5.41) is 1.73. The Hall–Kier alpha value is -1.57. The molecule has 0 amide bonds. The number of nitrogens with one attached hydrogen (secondary N) is 1. The van der Waals surface area contributed by atoms with E-state index in [4.69, 9.17) is 10.5 Å². The molecular formula is C15H21N3O3S. The summed E-state index contributed by atoms with van der Waals surface area (Å²) < 4.78 is 29.4. The number of ether oxygens (including phenoxy) is 1. The molecule has 6 nitrogen and oxygen atoms in total. The van der Waals surface area contributed by atoms with E-state index in [9.17, 15) is 8.42 Å². The van der Waals surface area contributed by atoms with E-state index in [2.05, 4.69) is 4.83 Å². The van der Waals surface area contributed by atoms with E-state index in [0.717, 1.165) is 17.0 Å². The van der Waals surface area contributed by atoms with Crippen molar-refractivity contribution in [1.29, 1.82) is 0 Å². The molecule has 0 aliphatic carbocycles. The Labute approximate surface area is 131 Å². The van der Waals surface area contributed by atoms with Gasteiger partial charge in [0.1, 0.15) is 11.4 Å². The first kappa shape index (κ1) is 15.3. The molecule has 2 heterocycles. The van der Waals surface area contributed by atoms with Gasteiger partial charge in [-0.3, -0.25) is 0 Å². The van der Waals surface area contributed by atoms with E-state index in [1.54, 1.807) is 11.9 Å². The third-order valence-corrected chi connectivity index (χ3v) is 5.48. The Morgan fingerprint density at radius 2 is 2.00 bits per heavy atom. The number of hydrogen-bond acceptors (Lipinski definition) is 5. The van der Waals surface area contributed by atoms with E-state index in [0.29, 0.717) is 25.9 Å². The molecule has 0 bridgehead atoms. The van der Waals surface area contributed by atoms with Gasteiger partial charge in [0, 0.05) is 37.2 Å². The number of nitrogens with two attached hydrogens (primary N) is 1. The molecule has 2 aliphatic heterocycles. The highest BCUT2D eigenvalue weighted by atomic mass is 32.2. The van der Waals surface area contributed by atoms with Crippen molar-refractivity contribution in [2.75, 3.05) is 18.8 Å². The van der Waals surface area contributed by atoms with Crippen molar-refractivity contribution >= 4 is 15.7 Å². The molecule has 3 rings (SSSR count). The molecule has 0 atom stereocenters. The minimum atomic E-state index is -3.23. The van der Waals surface area contributed by atoms with Gasteiger partial charge in [-0.05, 0) is 25.1 Å². The van der Waals surface area contributed by atoms with Crippen LogP contribution >= 0.6 is 0 Å². The number of benzene rings is 1. The predicted octanol–water partition coefficient (Wildman–Crippen LogP) is 1.07. The molecular weight excluding hydrogens is 302 g/mol. The van der Waals surface area contributed by atoms with Crippen LogP contribution in [0.1, 0.15) is 25.3 Å². The van der Waals surface area contributed by atoms with Gasteiger partial charge in [0.05, 0.1) is 5.75 Å². The summed E-state index contributed by atoms with van der Waals surface area (Å²) in [4.78, 5) is 2.60. The molecule has 0 saturated carbocycles. The molecule has 1 spiro atoms. The summed E-state index contributed by atoms with van der Waals surface area (Å²) in [6.07, 6.45) is 3.35. The second-order valence-electron chi connectivity index (χ2n) is 5.74. The fourth-order valence-corrected chi connectivity index (χ4v) is 3.59. The molecule has 0 unspecified atom stereocenters. The Kier molecular flexibility index (Phi) is 3.88. The van der Waals surface area contributed by atoms with Crippen LogP contribution in [0.25, 0.3) is 5.70 Å². The van der Waals surface area contributed by atoms with Crippen molar-refractivity contribution in [2.24, 2.45) is 5.73 Å². The SMILES string of the molecule is CCS(=O)(=O)NN1CCC2(C=C(N)c3ccccc3O2)CC1. The lowest BCUT2D eigenvalue weighted by Gasteiger charge is -2.42. The van der Waals surface area contributed by atoms with Gasteiger partial charge < -0.3 is 10.5 Å². The van der Waals surface area contributed by atoms with E-state index in [1.165, 1.54) is 0 Å². The van der Waals surface area contributed by atoms with Crippen LogP contribution in [-0.4, -0.2) is 37.9 Å². The number of hydrogen-bond donors (Lipinski definition) is 2. The number of piperidine rings is 1. The maximum absolute atomic E-state index is 11.6. The molecule has 3 N–H and O–H groups in total. The molecule has 1 aromatic carbocycles. The van der Waals surface area contributed by atoms with Crippen molar-refractivity contribution < 1.29 is 13.2 Å². The summed E-state index contributed by atoms with van der Waals surface area (Å²) in [5.74, 6) is 0.871. The number of sulfonamides is 1. The van der Waals surface area contributed by atoms with Gasteiger partial charge in [0.15, 0.2) is 0 Å². The van der Waals surface area contributed by atoms with Gasteiger partial charge in [-0.25, -0.2) is 13.4 Å². The second kappa shape index (κ2) is 5.57. The average Bonchev–Trinajstić information content (AvgIpc) is 2.50. The van der Waals surface area contributed by atoms with Crippen molar-refractivity contribution in [3.63, 3.8) is 0 Å². The number of para-hydroxylation sites is 1. The molecule has 120 valence electrons. The third kappa shape index (κ3) is 2.97. The quantitative estimate of drug-likeness (QED) is 0.869. The molecule has 0 radical (unpaired) electrons. The predicted molar refractivity (Wildman–Crippen MR) is 85.4 cm³/mol. The topological polar surface area (TPSA) is 84.7 Å². The summed E-state index contributed by atoms with van der Waals surface area (Å²) in [6, 6.07) is 7.72. The van der Waals surface area contributed by atoms with Gasteiger partial charge in [-0.2, -0.15) is 0 Å². The fourth-order valence-electron chi connectivity index (χ4n) is 2.89. The second-order valence-corrected chi connectivity index (χ2v) is 7.73. The zero-order valence-electron chi connectivity index (χ0n) is 12.6. The number of nitrogens with zero attached hydrogens (tertiary/aromatic N) is 1. The van der Waals surface area contributed by atoms with Gasteiger partial charge in [0.25, 0.3) is 0 Å². The van der Waals surface area contributed by atoms with Crippen LogP contribution in [-0.2, 0) is 10.0 Å². The standard InChI is InChI=1S/C15H21N3O3S/c1-2-22(19,20)17-18-9-7-15(8-10-18)11-13(16)12-5-3-4-6-14(12)21-15/h3-6,11,17H,2,7-10,16H2,1H3. The van der Waals surface area contributed by atoms with Crippen molar-refractivity contribution in [1.82, 2.24) is 9.84 Å². The van der Waals surface area contributed by atoms with Crippen LogP contribution in [0.4, 0.5) is 0 Å². The Morgan fingerprint density at radius 3 is 2.68 bits per heavy atom. The molecule has 7 heteroatoms. The molecule has 0 aromatic heterocycles. The van der Waals surface area contributed by atoms with Gasteiger partial charge in [0.2, 0.25) is 10.0 Å². The van der Waals surface area contributed by atoms with Crippen LogP contribution in [0.3, 0.4) is 0 Å². The molecule has 1 saturated heterocycles. The van der Waals surface area contributed by atoms with Gasteiger partial charge in [-0.1, -0.05) is 12.1 Å². The zero-order valence-corrected chi connectivity index (χ0v) is 13.4. The van der Waals surface area contributed by atoms with Gasteiger partial charge >= 0.3 is 0 Å². The largest absolute Gasteiger partial charge is 0.482 e. The highest BCUT2D eigenvalue weighted by Gasteiger charge is 2.38. The minimum Gasteiger partial charge on any atom is -0.482 e. The van der Waals surface area contributed by atoms with Crippen LogP contribution in [0, 0.1) is 0 Å². The maximum Gasteiger partial charge on any atom is 0.224 e. The molecule has 22 heavy (non-hydrogen) atoms. The number of hydrazine groups is 1.